The molecule has 4 aromatic rings. The number of thiophene rings is 1. The van der Waals surface area contributed by atoms with Crippen LogP contribution in [0.2, 0.25) is 0 Å². The molecule has 31 heavy (non-hydrogen) atoms. The summed E-state index contributed by atoms with van der Waals surface area (Å²) in [5, 5.41) is 20.7. The Balaban J connectivity index is 1.73. The van der Waals surface area contributed by atoms with E-state index in [1.54, 1.807) is 6.07 Å². The summed E-state index contributed by atoms with van der Waals surface area (Å²) in [7, 11) is 0. The van der Waals surface area contributed by atoms with Gasteiger partial charge in [0.25, 0.3) is 0 Å². The molecule has 0 aliphatic carbocycles. The van der Waals surface area contributed by atoms with Gasteiger partial charge >= 0.3 is 5.97 Å². The van der Waals surface area contributed by atoms with Gasteiger partial charge in [-0.3, -0.25) is 0 Å². The zero-order valence-corrected chi connectivity index (χ0v) is 17.5. The van der Waals surface area contributed by atoms with Gasteiger partial charge in [-0.15, -0.1) is 11.3 Å². The summed E-state index contributed by atoms with van der Waals surface area (Å²) in [6.07, 6.45) is 1.35. The molecule has 7 heteroatoms. The minimum atomic E-state index is -1.27. The highest BCUT2D eigenvalue weighted by atomic mass is 32.1. The highest BCUT2D eigenvalue weighted by molar-refractivity contribution is 7.17. The average molecular weight is 430 g/mol. The van der Waals surface area contributed by atoms with Gasteiger partial charge in [0.05, 0.1) is 9.75 Å². The maximum atomic E-state index is 11.3. The Morgan fingerprint density at radius 3 is 2.65 bits per heavy atom. The van der Waals surface area contributed by atoms with E-state index in [0.717, 1.165) is 27.9 Å². The predicted octanol–water partition coefficient (Wildman–Crippen LogP) is 5.31. The Labute approximate surface area is 182 Å². The predicted molar refractivity (Wildman–Crippen MR) is 121 cm³/mol. The fraction of sp³-hybridized carbons (Fsp3) is 0.167. The highest BCUT2D eigenvalue weighted by Crippen LogP contribution is 2.50. The molecule has 2 aromatic heterocycles. The number of para-hydroxylation sites is 1. The van der Waals surface area contributed by atoms with Gasteiger partial charge in [-0.25, -0.2) is 4.79 Å². The SMILES string of the molecule is CCn1c2ccccc2c2cc(-c3sc(/C=C(\C#N)C(=O)O)c4c3OCCO4)ccc21. The Hall–Kier alpha value is -3.76. The summed E-state index contributed by atoms with van der Waals surface area (Å²) >= 11 is 1.37. The molecule has 1 N–H and O–H groups in total. The lowest BCUT2D eigenvalue weighted by molar-refractivity contribution is -0.132. The normalized spacial score (nSPS) is 13.5. The smallest absolute Gasteiger partial charge is 0.346 e. The molecule has 3 heterocycles. The third kappa shape index (κ3) is 3.04. The molecule has 1 aliphatic rings. The summed E-state index contributed by atoms with van der Waals surface area (Å²) in [4.78, 5) is 12.8. The van der Waals surface area contributed by atoms with Crippen LogP contribution in [0.25, 0.3) is 38.3 Å². The van der Waals surface area contributed by atoms with Crippen LogP contribution in [-0.4, -0.2) is 28.9 Å². The van der Waals surface area contributed by atoms with E-state index >= 15 is 0 Å². The molecule has 0 bridgehead atoms. The summed E-state index contributed by atoms with van der Waals surface area (Å²) in [5.41, 5.74) is 2.97. The molecule has 0 saturated heterocycles. The lowest BCUT2D eigenvalue weighted by Gasteiger charge is -2.17. The Morgan fingerprint density at radius 1 is 1.16 bits per heavy atom. The van der Waals surface area contributed by atoms with Crippen molar-refractivity contribution in [1.29, 1.82) is 5.26 Å². The number of aromatic nitrogens is 1. The molecule has 0 amide bonds. The van der Waals surface area contributed by atoms with E-state index in [0.29, 0.717) is 29.6 Å². The number of hydrogen-bond acceptors (Lipinski definition) is 5. The first-order chi connectivity index (χ1) is 15.1. The lowest BCUT2D eigenvalue weighted by Crippen LogP contribution is -2.15. The Bertz CT molecular complexity index is 1420. The molecule has 0 saturated carbocycles. The van der Waals surface area contributed by atoms with Gasteiger partial charge in [0.15, 0.2) is 11.5 Å². The second kappa shape index (κ2) is 7.49. The van der Waals surface area contributed by atoms with E-state index in [9.17, 15) is 9.90 Å². The van der Waals surface area contributed by atoms with Crippen LogP contribution in [0, 0.1) is 11.3 Å². The number of rotatable bonds is 4. The fourth-order valence-corrected chi connectivity index (χ4v) is 5.20. The largest absolute Gasteiger partial charge is 0.485 e. The summed E-state index contributed by atoms with van der Waals surface area (Å²) < 4.78 is 14.0. The van der Waals surface area contributed by atoms with Crippen molar-refractivity contribution >= 4 is 45.2 Å². The van der Waals surface area contributed by atoms with Crippen LogP contribution in [0.15, 0.2) is 48.0 Å². The van der Waals surface area contributed by atoms with Crippen molar-refractivity contribution in [3.8, 4) is 28.0 Å². The standard InChI is InChI=1S/C24H18N2O4S/c1-2-26-18-6-4-3-5-16(18)17-11-14(7-8-19(17)26)23-22-21(29-9-10-30-22)20(31-23)12-15(13-25)24(27)28/h3-8,11-12H,2,9-10H2,1H3,(H,27,28)/b15-12+. The van der Waals surface area contributed by atoms with Crippen LogP contribution < -0.4 is 9.47 Å². The van der Waals surface area contributed by atoms with E-state index in [1.807, 2.05) is 18.2 Å². The molecule has 0 radical (unpaired) electrons. The van der Waals surface area contributed by atoms with E-state index < -0.39 is 5.97 Å². The van der Waals surface area contributed by atoms with Crippen molar-refractivity contribution in [2.24, 2.45) is 0 Å². The van der Waals surface area contributed by atoms with Crippen LogP contribution in [0.1, 0.15) is 11.8 Å². The van der Waals surface area contributed by atoms with Crippen molar-refractivity contribution in [2.75, 3.05) is 13.2 Å². The number of aliphatic carboxylic acids is 1. The molecule has 2 aromatic carbocycles. The number of benzene rings is 2. The van der Waals surface area contributed by atoms with Gasteiger partial charge in [0, 0.05) is 28.4 Å². The number of carboxylic acid groups (broad SMARTS) is 1. The molecule has 5 rings (SSSR count). The number of fused-ring (bicyclic) bond motifs is 4. The van der Waals surface area contributed by atoms with E-state index in [4.69, 9.17) is 14.7 Å². The number of carboxylic acids is 1. The minimum absolute atomic E-state index is 0.341. The summed E-state index contributed by atoms with van der Waals surface area (Å²) in [5.74, 6) is -0.170. The Morgan fingerprint density at radius 2 is 1.90 bits per heavy atom. The van der Waals surface area contributed by atoms with Crippen LogP contribution >= 0.6 is 11.3 Å². The highest BCUT2D eigenvalue weighted by Gasteiger charge is 2.26. The third-order valence-corrected chi connectivity index (χ3v) is 6.55. The van der Waals surface area contributed by atoms with Gasteiger partial charge < -0.3 is 19.1 Å². The molecule has 154 valence electrons. The van der Waals surface area contributed by atoms with Gasteiger partial charge in [0.1, 0.15) is 24.9 Å². The van der Waals surface area contributed by atoms with E-state index in [-0.39, 0.29) is 5.57 Å². The lowest BCUT2D eigenvalue weighted by atomic mass is 10.1. The second-order valence-electron chi connectivity index (χ2n) is 7.12. The average Bonchev–Trinajstić information content (AvgIpc) is 3.32. The van der Waals surface area contributed by atoms with Crippen molar-refractivity contribution in [2.45, 2.75) is 13.5 Å². The third-order valence-electron chi connectivity index (χ3n) is 5.40. The molecule has 0 unspecified atom stereocenters. The van der Waals surface area contributed by atoms with Crippen molar-refractivity contribution in [3.63, 3.8) is 0 Å². The van der Waals surface area contributed by atoms with E-state index in [2.05, 4.69) is 35.8 Å². The van der Waals surface area contributed by atoms with Crippen LogP contribution in [0.3, 0.4) is 0 Å². The van der Waals surface area contributed by atoms with Gasteiger partial charge in [-0.2, -0.15) is 5.26 Å². The summed E-state index contributed by atoms with van der Waals surface area (Å²) in [6, 6.07) is 16.4. The quantitative estimate of drug-likeness (QED) is 0.351. The number of nitriles is 1. The molecular formula is C24H18N2O4S. The molecular weight excluding hydrogens is 412 g/mol. The van der Waals surface area contributed by atoms with Crippen molar-refractivity contribution in [1.82, 2.24) is 4.57 Å². The van der Waals surface area contributed by atoms with Crippen LogP contribution in [0.5, 0.6) is 11.5 Å². The molecule has 1 aliphatic heterocycles. The number of aryl methyl sites for hydroxylation is 1. The molecule has 6 nitrogen and oxygen atoms in total. The van der Waals surface area contributed by atoms with Gasteiger partial charge in [0.2, 0.25) is 0 Å². The fourth-order valence-electron chi connectivity index (χ4n) is 4.07. The first kappa shape index (κ1) is 19.2. The number of nitrogens with zero attached hydrogens (tertiary/aromatic N) is 2. The minimum Gasteiger partial charge on any atom is -0.485 e. The first-order valence-electron chi connectivity index (χ1n) is 9.91. The van der Waals surface area contributed by atoms with E-state index in [1.165, 1.54) is 28.3 Å². The van der Waals surface area contributed by atoms with Gasteiger partial charge in [-0.05, 0) is 36.8 Å². The number of ether oxygens (including phenoxy) is 2. The number of carbonyl (C=O) groups is 1. The van der Waals surface area contributed by atoms with Gasteiger partial charge in [-0.1, -0.05) is 24.3 Å². The maximum absolute atomic E-state index is 11.3. The van der Waals surface area contributed by atoms with Crippen molar-refractivity contribution in [3.05, 3.63) is 52.9 Å². The zero-order chi connectivity index (χ0) is 21.5. The molecule has 0 atom stereocenters. The second-order valence-corrected chi connectivity index (χ2v) is 8.17. The molecule has 0 fully saturated rings. The summed E-state index contributed by atoms with van der Waals surface area (Å²) in [6.45, 7) is 3.80. The maximum Gasteiger partial charge on any atom is 0.346 e. The van der Waals surface area contributed by atoms with Crippen LogP contribution in [-0.2, 0) is 11.3 Å². The number of hydrogen-bond donors (Lipinski definition) is 1. The zero-order valence-electron chi connectivity index (χ0n) is 16.7. The first-order valence-corrected chi connectivity index (χ1v) is 10.7. The topological polar surface area (TPSA) is 84.5 Å². The van der Waals surface area contributed by atoms with Crippen LogP contribution in [0.4, 0.5) is 0 Å². The Kier molecular flexibility index (Phi) is 4.64. The molecule has 0 spiro atoms. The van der Waals surface area contributed by atoms with Crippen molar-refractivity contribution < 1.29 is 19.4 Å². The monoisotopic (exact) mass is 430 g/mol.